The summed E-state index contributed by atoms with van der Waals surface area (Å²) in [4.78, 5) is 8.92. The first-order valence-electron chi connectivity index (χ1n) is 7.34. The van der Waals surface area contributed by atoms with Crippen LogP contribution in [0, 0.1) is 0 Å². The highest BCUT2D eigenvalue weighted by Gasteiger charge is 2.40. The lowest BCUT2D eigenvalue weighted by molar-refractivity contribution is 0.102. The van der Waals surface area contributed by atoms with Crippen LogP contribution in [-0.2, 0) is 16.1 Å². The van der Waals surface area contributed by atoms with Crippen molar-refractivity contribution in [3.05, 3.63) is 11.9 Å². The van der Waals surface area contributed by atoms with E-state index < -0.39 is 0 Å². The Morgan fingerprint density at radius 1 is 1.35 bits per heavy atom. The summed E-state index contributed by atoms with van der Waals surface area (Å²) in [5.74, 6) is 2.35. The molecular formula is C14H22N4O2. The van der Waals surface area contributed by atoms with Gasteiger partial charge in [-0.2, -0.15) is 0 Å². The number of anilines is 2. The van der Waals surface area contributed by atoms with Gasteiger partial charge in [-0.3, -0.25) is 0 Å². The third-order valence-electron chi connectivity index (χ3n) is 3.90. The zero-order valence-corrected chi connectivity index (χ0v) is 12.1. The quantitative estimate of drug-likeness (QED) is 0.827. The number of nitrogens with one attached hydrogen (secondary N) is 2. The van der Waals surface area contributed by atoms with E-state index in [0.717, 1.165) is 24.5 Å². The van der Waals surface area contributed by atoms with Gasteiger partial charge in [0, 0.05) is 19.7 Å². The fourth-order valence-corrected chi connectivity index (χ4v) is 2.94. The van der Waals surface area contributed by atoms with E-state index in [0.29, 0.717) is 37.3 Å². The van der Waals surface area contributed by atoms with Gasteiger partial charge < -0.3 is 20.1 Å². The highest BCUT2D eigenvalue weighted by Crippen LogP contribution is 2.35. The third-order valence-corrected chi connectivity index (χ3v) is 3.90. The van der Waals surface area contributed by atoms with Crippen LogP contribution in [0.15, 0.2) is 6.07 Å². The van der Waals surface area contributed by atoms with Gasteiger partial charge in [0.05, 0.1) is 18.2 Å². The lowest BCUT2D eigenvalue weighted by Gasteiger charge is -2.21. The molecule has 2 fully saturated rings. The van der Waals surface area contributed by atoms with Crippen molar-refractivity contribution in [1.82, 2.24) is 9.97 Å². The molecule has 0 aliphatic carbocycles. The van der Waals surface area contributed by atoms with Crippen molar-refractivity contribution >= 4 is 11.6 Å². The SMILES string of the molecule is CCOCc1nc(NC)cc(NC2CC3CCC2O3)n1. The Bertz CT molecular complexity index is 468. The zero-order valence-electron chi connectivity index (χ0n) is 12.1. The second kappa shape index (κ2) is 5.93. The van der Waals surface area contributed by atoms with Crippen LogP contribution in [0.1, 0.15) is 32.0 Å². The summed E-state index contributed by atoms with van der Waals surface area (Å²) in [6, 6.07) is 2.30. The number of fused-ring (bicyclic) bond motifs is 2. The minimum Gasteiger partial charge on any atom is -0.374 e. The Morgan fingerprint density at radius 3 is 2.85 bits per heavy atom. The molecule has 2 saturated heterocycles. The Morgan fingerprint density at radius 2 is 2.20 bits per heavy atom. The van der Waals surface area contributed by atoms with E-state index >= 15 is 0 Å². The van der Waals surface area contributed by atoms with Gasteiger partial charge in [-0.05, 0) is 26.2 Å². The summed E-state index contributed by atoms with van der Waals surface area (Å²) in [5, 5.41) is 6.56. The second-order valence-electron chi connectivity index (χ2n) is 5.30. The van der Waals surface area contributed by atoms with Gasteiger partial charge in [0.1, 0.15) is 18.2 Å². The number of rotatable bonds is 6. The highest BCUT2D eigenvalue weighted by molar-refractivity contribution is 5.48. The predicted molar refractivity (Wildman–Crippen MR) is 76.8 cm³/mol. The zero-order chi connectivity index (χ0) is 13.9. The van der Waals surface area contributed by atoms with Gasteiger partial charge in [-0.15, -0.1) is 0 Å². The van der Waals surface area contributed by atoms with Crippen molar-refractivity contribution in [3.8, 4) is 0 Å². The van der Waals surface area contributed by atoms with Gasteiger partial charge in [0.25, 0.3) is 0 Å². The lowest BCUT2D eigenvalue weighted by Crippen LogP contribution is -2.31. The smallest absolute Gasteiger partial charge is 0.158 e. The molecule has 3 heterocycles. The first kappa shape index (κ1) is 13.6. The van der Waals surface area contributed by atoms with Gasteiger partial charge in [-0.1, -0.05) is 0 Å². The third kappa shape index (κ3) is 2.86. The fourth-order valence-electron chi connectivity index (χ4n) is 2.94. The monoisotopic (exact) mass is 278 g/mol. The van der Waals surface area contributed by atoms with Crippen LogP contribution in [-0.4, -0.2) is 41.9 Å². The molecular weight excluding hydrogens is 256 g/mol. The average molecular weight is 278 g/mol. The Kier molecular flexibility index (Phi) is 4.03. The number of aromatic nitrogens is 2. The van der Waals surface area contributed by atoms with Crippen molar-refractivity contribution in [1.29, 1.82) is 0 Å². The first-order valence-corrected chi connectivity index (χ1v) is 7.34. The molecule has 3 atom stereocenters. The van der Waals surface area contributed by atoms with Crippen LogP contribution >= 0.6 is 0 Å². The summed E-state index contributed by atoms with van der Waals surface area (Å²) in [6.45, 7) is 3.07. The van der Waals surface area contributed by atoms with E-state index in [1.54, 1.807) is 0 Å². The van der Waals surface area contributed by atoms with E-state index in [4.69, 9.17) is 9.47 Å². The average Bonchev–Trinajstić information content (AvgIpc) is 3.07. The van der Waals surface area contributed by atoms with Crippen LogP contribution in [0.5, 0.6) is 0 Å². The van der Waals surface area contributed by atoms with E-state index in [2.05, 4.69) is 20.6 Å². The summed E-state index contributed by atoms with van der Waals surface area (Å²) < 4.78 is 11.3. The van der Waals surface area contributed by atoms with E-state index in [1.807, 2.05) is 20.0 Å². The van der Waals surface area contributed by atoms with E-state index in [-0.39, 0.29) is 0 Å². The number of hydrogen-bond donors (Lipinski definition) is 2. The van der Waals surface area contributed by atoms with Gasteiger partial charge in [-0.25, -0.2) is 9.97 Å². The molecule has 2 aliphatic rings. The minimum atomic E-state index is 0.336. The Balaban J connectivity index is 1.71. The maximum atomic E-state index is 5.86. The molecule has 2 N–H and O–H groups in total. The van der Waals surface area contributed by atoms with Crippen LogP contribution in [0.25, 0.3) is 0 Å². The fraction of sp³-hybridized carbons (Fsp3) is 0.714. The molecule has 0 amide bonds. The molecule has 6 heteroatoms. The van der Waals surface area contributed by atoms with Crippen molar-refractivity contribution in [2.45, 2.75) is 51.0 Å². The van der Waals surface area contributed by atoms with Crippen LogP contribution in [0.2, 0.25) is 0 Å². The maximum absolute atomic E-state index is 5.86. The van der Waals surface area contributed by atoms with Crippen LogP contribution in [0.4, 0.5) is 11.6 Å². The van der Waals surface area contributed by atoms with Crippen molar-refractivity contribution in [3.63, 3.8) is 0 Å². The largest absolute Gasteiger partial charge is 0.374 e. The minimum absolute atomic E-state index is 0.336. The summed E-state index contributed by atoms with van der Waals surface area (Å²) in [5.41, 5.74) is 0. The number of hydrogen-bond acceptors (Lipinski definition) is 6. The van der Waals surface area contributed by atoms with Crippen molar-refractivity contribution in [2.24, 2.45) is 0 Å². The highest BCUT2D eigenvalue weighted by atomic mass is 16.5. The second-order valence-corrected chi connectivity index (χ2v) is 5.30. The Hall–Kier alpha value is -1.40. The summed E-state index contributed by atoms with van der Waals surface area (Å²) >= 11 is 0. The standard InChI is InChI=1S/C14H22N4O2/c1-3-19-8-14-17-12(15-2)7-13(18-14)16-10-6-9-4-5-11(10)20-9/h7,9-11H,3-6,8H2,1-2H3,(H2,15,16,17,18). The lowest BCUT2D eigenvalue weighted by atomic mass is 9.95. The van der Waals surface area contributed by atoms with Gasteiger partial charge in [0.2, 0.25) is 0 Å². The van der Waals surface area contributed by atoms with Gasteiger partial charge >= 0.3 is 0 Å². The number of ether oxygens (including phenoxy) is 2. The van der Waals surface area contributed by atoms with Crippen molar-refractivity contribution in [2.75, 3.05) is 24.3 Å². The molecule has 0 saturated carbocycles. The normalized spacial score (nSPS) is 27.8. The molecule has 0 radical (unpaired) electrons. The molecule has 3 unspecified atom stereocenters. The molecule has 2 bridgehead atoms. The Labute approximate surface area is 119 Å². The molecule has 20 heavy (non-hydrogen) atoms. The molecule has 1 aromatic rings. The molecule has 2 aliphatic heterocycles. The summed E-state index contributed by atoms with van der Waals surface area (Å²) in [6.07, 6.45) is 4.20. The van der Waals surface area contributed by atoms with E-state index in [1.165, 1.54) is 6.42 Å². The maximum Gasteiger partial charge on any atom is 0.158 e. The predicted octanol–water partition coefficient (Wildman–Crippen LogP) is 1.79. The van der Waals surface area contributed by atoms with E-state index in [9.17, 15) is 0 Å². The summed E-state index contributed by atoms with van der Waals surface area (Å²) in [7, 11) is 1.86. The molecule has 3 rings (SSSR count). The number of nitrogens with zero attached hydrogens (tertiary/aromatic N) is 2. The van der Waals surface area contributed by atoms with Gasteiger partial charge in [0.15, 0.2) is 5.82 Å². The van der Waals surface area contributed by atoms with Crippen LogP contribution < -0.4 is 10.6 Å². The molecule has 6 nitrogen and oxygen atoms in total. The van der Waals surface area contributed by atoms with Crippen LogP contribution in [0.3, 0.4) is 0 Å². The first-order chi connectivity index (χ1) is 9.78. The topological polar surface area (TPSA) is 68.3 Å². The molecule has 0 aromatic carbocycles. The van der Waals surface area contributed by atoms with Crippen molar-refractivity contribution < 1.29 is 9.47 Å². The molecule has 110 valence electrons. The molecule has 0 spiro atoms. The molecule has 1 aromatic heterocycles.